The highest BCUT2D eigenvalue weighted by Gasteiger charge is 2.21. The topological polar surface area (TPSA) is 15.3 Å². The van der Waals surface area contributed by atoms with E-state index in [2.05, 4.69) is 49.2 Å². The zero-order chi connectivity index (χ0) is 14.4. The highest BCUT2D eigenvalue weighted by atomic mass is 15.2. The lowest BCUT2D eigenvalue weighted by Gasteiger charge is -2.33. The van der Waals surface area contributed by atoms with Gasteiger partial charge in [-0.15, -0.1) is 0 Å². The molecule has 1 fully saturated rings. The Morgan fingerprint density at radius 2 is 2.05 bits per heavy atom. The maximum absolute atomic E-state index is 3.49. The van der Waals surface area contributed by atoms with Crippen LogP contribution in [-0.4, -0.2) is 19.1 Å². The SMILES string of the molecule is CCNCc1cc(C)ccc1N1CCCCCC1CC. The van der Waals surface area contributed by atoms with E-state index in [1.54, 1.807) is 0 Å². The molecule has 2 heteroatoms. The second-order valence-electron chi connectivity index (χ2n) is 6.02. The summed E-state index contributed by atoms with van der Waals surface area (Å²) in [5, 5.41) is 3.49. The van der Waals surface area contributed by atoms with Crippen LogP contribution in [-0.2, 0) is 6.54 Å². The zero-order valence-electron chi connectivity index (χ0n) is 13.4. The Kier molecular flexibility index (Phi) is 5.90. The van der Waals surface area contributed by atoms with E-state index in [0.29, 0.717) is 0 Å². The van der Waals surface area contributed by atoms with E-state index >= 15 is 0 Å². The second kappa shape index (κ2) is 7.68. The van der Waals surface area contributed by atoms with E-state index in [-0.39, 0.29) is 0 Å². The molecular weight excluding hydrogens is 244 g/mol. The number of rotatable bonds is 5. The normalized spacial score (nSPS) is 19.9. The van der Waals surface area contributed by atoms with Crippen molar-refractivity contribution in [2.45, 2.75) is 65.5 Å². The standard InChI is InChI=1S/C18H30N2/c1-4-17-9-7-6-8-12-20(17)18-11-10-15(3)13-16(18)14-19-5-2/h10-11,13,17,19H,4-9,12,14H2,1-3H3. The molecule has 1 aromatic carbocycles. The molecule has 1 unspecified atom stereocenters. The maximum Gasteiger partial charge on any atom is 0.0414 e. The van der Waals surface area contributed by atoms with Crippen LogP contribution in [0.5, 0.6) is 0 Å². The molecule has 0 bridgehead atoms. The van der Waals surface area contributed by atoms with Crippen LogP contribution in [0.25, 0.3) is 0 Å². The lowest BCUT2D eigenvalue weighted by Crippen LogP contribution is -2.35. The molecule has 1 N–H and O–H groups in total. The number of nitrogens with one attached hydrogen (secondary N) is 1. The van der Waals surface area contributed by atoms with Gasteiger partial charge in [0.1, 0.15) is 0 Å². The highest BCUT2D eigenvalue weighted by molar-refractivity contribution is 5.56. The molecule has 0 saturated carbocycles. The van der Waals surface area contributed by atoms with E-state index in [4.69, 9.17) is 0 Å². The Bertz CT molecular complexity index is 414. The van der Waals surface area contributed by atoms with Crippen LogP contribution in [0, 0.1) is 6.92 Å². The molecule has 1 aliphatic heterocycles. The molecule has 112 valence electrons. The van der Waals surface area contributed by atoms with E-state index in [1.807, 2.05) is 0 Å². The second-order valence-corrected chi connectivity index (χ2v) is 6.02. The molecular formula is C18H30N2. The van der Waals surface area contributed by atoms with Crippen molar-refractivity contribution in [3.8, 4) is 0 Å². The molecule has 0 amide bonds. The van der Waals surface area contributed by atoms with Gasteiger partial charge in [-0.05, 0) is 44.4 Å². The molecule has 20 heavy (non-hydrogen) atoms. The van der Waals surface area contributed by atoms with Crippen molar-refractivity contribution in [1.29, 1.82) is 0 Å². The number of aryl methyl sites for hydroxylation is 1. The van der Waals surface area contributed by atoms with Gasteiger partial charge in [-0.25, -0.2) is 0 Å². The largest absolute Gasteiger partial charge is 0.368 e. The third-order valence-corrected chi connectivity index (χ3v) is 4.46. The number of benzene rings is 1. The average Bonchev–Trinajstić information content (AvgIpc) is 2.70. The van der Waals surface area contributed by atoms with Crippen LogP contribution < -0.4 is 10.2 Å². The monoisotopic (exact) mass is 274 g/mol. The van der Waals surface area contributed by atoms with E-state index in [0.717, 1.165) is 19.1 Å². The fourth-order valence-corrected chi connectivity index (χ4v) is 3.31. The van der Waals surface area contributed by atoms with Crippen LogP contribution in [0.1, 0.15) is 57.1 Å². The Labute approximate surface area is 124 Å². The zero-order valence-corrected chi connectivity index (χ0v) is 13.4. The average molecular weight is 274 g/mol. The Morgan fingerprint density at radius 3 is 2.80 bits per heavy atom. The minimum Gasteiger partial charge on any atom is -0.368 e. The smallest absolute Gasteiger partial charge is 0.0414 e. The van der Waals surface area contributed by atoms with Crippen molar-refractivity contribution in [1.82, 2.24) is 5.32 Å². The number of hydrogen-bond donors (Lipinski definition) is 1. The lowest BCUT2D eigenvalue weighted by atomic mass is 10.0. The van der Waals surface area contributed by atoms with Crippen molar-refractivity contribution in [3.05, 3.63) is 29.3 Å². The van der Waals surface area contributed by atoms with Crippen LogP contribution in [0.15, 0.2) is 18.2 Å². The van der Waals surface area contributed by atoms with Crippen molar-refractivity contribution < 1.29 is 0 Å². The molecule has 1 saturated heterocycles. The molecule has 0 radical (unpaired) electrons. The quantitative estimate of drug-likeness (QED) is 0.863. The fourth-order valence-electron chi connectivity index (χ4n) is 3.31. The first-order valence-electron chi connectivity index (χ1n) is 8.33. The number of hydrogen-bond acceptors (Lipinski definition) is 2. The molecule has 0 aromatic heterocycles. The molecule has 1 atom stereocenters. The number of anilines is 1. The molecule has 0 spiro atoms. The van der Waals surface area contributed by atoms with Crippen LogP contribution >= 0.6 is 0 Å². The first kappa shape index (κ1) is 15.4. The fraction of sp³-hybridized carbons (Fsp3) is 0.667. The summed E-state index contributed by atoms with van der Waals surface area (Å²) in [6, 6.07) is 7.69. The van der Waals surface area contributed by atoms with E-state index in [1.165, 1.54) is 55.5 Å². The minimum atomic E-state index is 0.723. The summed E-state index contributed by atoms with van der Waals surface area (Å²) in [5.74, 6) is 0. The van der Waals surface area contributed by atoms with Gasteiger partial charge in [0.15, 0.2) is 0 Å². The van der Waals surface area contributed by atoms with Gasteiger partial charge >= 0.3 is 0 Å². The summed E-state index contributed by atoms with van der Waals surface area (Å²) < 4.78 is 0. The van der Waals surface area contributed by atoms with Crippen molar-refractivity contribution in [3.63, 3.8) is 0 Å². The number of nitrogens with zero attached hydrogens (tertiary/aromatic N) is 1. The summed E-state index contributed by atoms with van der Waals surface area (Å²) in [5.41, 5.74) is 4.29. The van der Waals surface area contributed by atoms with Gasteiger partial charge in [0.05, 0.1) is 0 Å². The third-order valence-electron chi connectivity index (χ3n) is 4.46. The molecule has 1 aromatic rings. The minimum absolute atomic E-state index is 0.723. The Hall–Kier alpha value is -1.02. The van der Waals surface area contributed by atoms with Gasteiger partial charge < -0.3 is 10.2 Å². The van der Waals surface area contributed by atoms with E-state index in [9.17, 15) is 0 Å². The summed E-state index contributed by atoms with van der Waals surface area (Å²) in [6.07, 6.45) is 6.73. The molecule has 0 aliphatic carbocycles. The first-order chi connectivity index (χ1) is 9.76. The first-order valence-corrected chi connectivity index (χ1v) is 8.33. The van der Waals surface area contributed by atoms with Crippen molar-refractivity contribution in [2.24, 2.45) is 0 Å². The van der Waals surface area contributed by atoms with E-state index < -0.39 is 0 Å². The molecule has 2 nitrogen and oxygen atoms in total. The van der Waals surface area contributed by atoms with Crippen molar-refractivity contribution >= 4 is 5.69 Å². The summed E-state index contributed by atoms with van der Waals surface area (Å²) in [6.45, 7) is 9.95. The predicted molar refractivity (Wildman–Crippen MR) is 88.5 cm³/mol. The lowest BCUT2D eigenvalue weighted by molar-refractivity contribution is 0.554. The summed E-state index contributed by atoms with van der Waals surface area (Å²) in [7, 11) is 0. The predicted octanol–water partition coefficient (Wildman–Crippen LogP) is 4.26. The summed E-state index contributed by atoms with van der Waals surface area (Å²) in [4.78, 5) is 2.68. The maximum atomic E-state index is 3.49. The highest BCUT2D eigenvalue weighted by Crippen LogP contribution is 2.29. The molecule has 1 aliphatic rings. The molecule has 2 rings (SSSR count). The van der Waals surface area contributed by atoms with Gasteiger partial charge in [-0.3, -0.25) is 0 Å². The van der Waals surface area contributed by atoms with Crippen LogP contribution in [0.2, 0.25) is 0 Å². The van der Waals surface area contributed by atoms with Crippen LogP contribution in [0.4, 0.5) is 5.69 Å². The Balaban J connectivity index is 2.28. The Morgan fingerprint density at radius 1 is 1.20 bits per heavy atom. The molecule has 1 heterocycles. The van der Waals surface area contributed by atoms with Gasteiger partial charge in [-0.2, -0.15) is 0 Å². The van der Waals surface area contributed by atoms with Gasteiger partial charge in [0.25, 0.3) is 0 Å². The summed E-state index contributed by atoms with van der Waals surface area (Å²) >= 11 is 0. The van der Waals surface area contributed by atoms with Gasteiger partial charge in [-0.1, -0.05) is 44.4 Å². The van der Waals surface area contributed by atoms with Crippen molar-refractivity contribution in [2.75, 3.05) is 18.0 Å². The van der Waals surface area contributed by atoms with Gasteiger partial charge in [0.2, 0.25) is 0 Å². The van der Waals surface area contributed by atoms with Gasteiger partial charge in [0, 0.05) is 24.8 Å². The van der Waals surface area contributed by atoms with Crippen LogP contribution in [0.3, 0.4) is 0 Å². The third kappa shape index (κ3) is 3.76.